The molecule has 0 aromatic heterocycles. The van der Waals surface area contributed by atoms with E-state index in [0.717, 1.165) is 13.1 Å². The summed E-state index contributed by atoms with van der Waals surface area (Å²) in [7, 11) is 0. The van der Waals surface area contributed by atoms with E-state index in [1.165, 1.54) is 0 Å². The third kappa shape index (κ3) is 7.65. The Balaban J connectivity index is 0.000000336. The lowest BCUT2D eigenvalue weighted by molar-refractivity contribution is -0.139. The van der Waals surface area contributed by atoms with E-state index < -0.39 is 11.9 Å². The Labute approximate surface area is 162 Å². The molecule has 8 heteroatoms. The van der Waals surface area contributed by atoms with Crippen molar-refractivity contribution in [2.45, 2.75) is 13.1 Å². The summed E-state index contributed by atoms with van der Waals surface area (Å²) < 4.78 is 0. The van der Waals surface area contributed by atoms with Crippen LogP contribution in [0.25, 0.3) is 0 Å². The molecule has 2 aromatic rings. The minimum atomic E-state index is -0.958. The van der Waals surface area contributed by atoms with E-state index in [2.05, 4.69) is 0 Å². The maximum absolute atomic E-state index is 11.0. The van der Waals surface area contributed by atoms with E-state index in [1.807, 2.05) is 4.90 Å². The lowest BCUT2D eigenvalue weighted by atomic mass is 10.1. The van der Waals surface area contributed by atoms with Crippen LogP contribution in [0.3, 0.4) is 0 Å². The van der Waals surface area contributed by atoms with Crippen molar-refractivity contribution < 1.29 is 30.0 Å². The Morgan fingerprint density at radius 1 is 0.821 bits per heavy atom. The molecule has 1 fully saturated rings. The molecular weight excluding hydrogens is 364 g/mol. The van der Waals surface area contributed by atoms with Gasteiger partial charge < -0.3 is 20.4 Å². The highest BCUT2D eigenvalue weighted by atomic mass is 16.4. The van der Waals surface area contributed by atoms with Gasteiger partial charge in [-0.25, -0.2) is 0 Å². The summed E-state index contributed by atoms with van der Waals surface area (Å²) in [5, 5.41) is 36.7. The highest BCUT2D eigenvalue weighted by molar-refractivity contribution is 5.69. The summed E-state index contributed by atoms with van der Waals surface area (Å²) >= 11 is 0. The van der Waals surface area contributed by atoms with Crippen LogP contribution < -0.4 is 0 Å². The molecule has 28 heavy (non-hydrogen) atoms. The van der Waals surface area contributed by atoms with Gasteiger partial charge >= 0.3 is 11.9 Å². The van der Waals surface area contributed by atoms with E-state index in [9.17, 15) is 19.8 Å². The van der Waals surface area contributed by atoms with Crippen molar-refractivity contribution in [3.8, 4) is 11.5 Å². The van der Waals surface area contributed by atoms with Crippen molar-refractivity contribution >= 4 is 11.9 Å². The quantitative estimate of drug-likeness (QED) is 0.503. The van der Waals surface area contributed by atoms with Gasteiger partial charge in [-0.2, -0.15) is 0 Å². The largest absolute Gasteiger partial charge is 0.508 e. The predicted octanol–water partition coefficient (Wildman–Crippen LogP) is 1.57. The van der Waals surface area contributed by atoms with E-state index in [-0.39, 0.29) is 37.7 Å². The van der Waals surface area contributed by atoms with Gasteiger partial charge in [0.05, 0.1) is 13.1 Å². The fraction of sp³-hybridized carbons (Fsp3) is 0.300. The lowest BCUT2D eigenvalue weighted by Crippen LogP contribution is -2.29. The third-order valence-corrected chi connectivity index (χ3v) is 4.03. The Hall–Kier alpha value is -3.10. The average molecular weight is 388 g/mol. The molecule has 0 radical (unpaired) electrons. The van der Waals surface area contributed by atoms with Crippen LogP contribution in [0, 0.1) is 0 Å². The third-order valence-electron chi connectivity index (χ3n) is 4.03. The predicted molar refractivity (Wildman–Crippen MR) is 102 cm³/mol. The molecule has 3 rings (SSSR count). The molecule has 0 spiro atoms. The summed E-state index contributed by atoms with van der Waals surface area (Å²) in [5.74, 6) is -1.42. The number of carboxylic acid groups (broad SMARTS) is 2. The molecule has 150 valence electrons. The lowest BCUT2D eigenvalue weighted by Gasteiger charge is -2.21. The summed E-state index contributed by atoms with van der Waals surface area (Å²) in [4.78, 5) is 24.3. The minimum absolute atomic E-state index is 0.130. The molecule has 1 heterocycles. The summed E-state index contributed by atoms with van der Waals surface area (Å²) in [6.07, 6.45) is 0. The van der Waals surface area contributed by atoms with Gasteiger partial charge in [-0.15, -0.1) is 0 Å². The SMILES string of the molecule is O=C(O)CN(Cc1ccccc1O)Cc1ccccc1O.O=C(O)CN1CC1. The number of carbonyl (C=O) groups is 2. The van der Waals surface area contributed by atoms with Crippen molar-refractivity contribution in [3.05, 3.63) is 59.7 Å². The van der Waals surface area contributed by atoms with Crippen molar-refractivity contribution in [2.24, 2.45) is 0 Å². The molecule has 0 aliphatic carbocycles. The Kier molecular flexibility index (Phi) is 7.79. The molecule has 1 saturated heterocycles. The van der Waals surface area contributed by atoms with Crippen molar-refractivity contribution in [3.63, 3.8) is 0 Å². The van der Waals surface area contributed by atoms with E-state index in [4.69, 9.17) is 10.2 Å². The smallest absolute Gasteiger partial charge is 0.317 e. The standard InChI is InChI=1S/C16H17NO4.C4H7NO2/c18-14-7-3-1-5-12(14)9-17(11-16(20)21)10-13-6-2-4-8-15(13)19;6-4(7)3-5-1-2-5/h1-8,18-19H,9-11H2,(H,20,21);1-3H2,(H,6,7). The molecule has 0 bridgehead atoms. The van der Waals surface area contributed by atoms with Gasteiger partial charge in [0.1, 0.15) is 11.5 Å². The second kappa shape index (κ2) is 10.3. The molecule has 0 saturated carbocycles. The van der Waals surface area contributed by atoms with Gasteiger partial charge in [-0.1, -0.05) is 36.4 Å². The van der Waals surface area contributed by atoms with Crippen LogP contribution in [0.15, 0.2) is 48.5 Å². The first-order valence-electron chi connectivity index (χ1n) is 8.77. The first-order valence-corrected chi connectivity index (χ1v) is 8.77. The highest BCUT2D eigenvalue weighted by Gasteiger charge is 2.19. The highest BCUT2D eigenvalue weighted by Crippen LogP contribution is 2.22. The number of rotatable bonds is 8. The van der Waals surface area contributed by atoms with Crippen LogP contribution in [-0.2, 0) is 22.7 Å². The number of carboxylic acids is 2. The van der Waals surface area contributed by atoms with Gasteiger partial charge in [0.15, 0.2) is 0 Å². The number of benzene rings is 2. The fourth-order valence-corrected chi connectivity index (χ4v) is 2.55. The topological polar surface area (TPSA) is 121 Å². The van der Waals surface area contributed by atoms with Gasteiger partial charge in [-0.05, 0) is 12.1 Å². The number of hydrogen-bond donors (Lipinski definition) is 4. The average Bonchev–Trinajstić information content (AvgIpc) is 3.42. The maximum Gasteiger partial charge on any atom is 0.317 e. The molecule has 0 unspecified atom stereocenters. The van der Waals surface area contributed by atoms with E-state index in [0.29, 0.717) is 11.1 Å². The van der Waals surface area contributed by atoms with Crippen molar-refractivity contribution in [1.82, 2.24) is 9.80 Å². The number of nitrogens with zero attached hydrogens (tertiary/aromatic N) is 2. The number of aromatic hydroxyl groups is 2. The fourth-order valence-electron chi connectivity index (χ4n) is 2.55. The van der Waals surface area contributed by atoms with Crippen LogP contribution >= 0.6 is 0 Å². The molecule has 8 nitrogen and oxygen atoms in total. The summed E-state index contributed by atoms with van der Waals surface area (Å²) in [6, 6.07) is 13.6. The Morgan fingerprint density at radius 2 is 1.29 bits per heavy atom. The van der Waals surface area contributed by atoms with E-state index >= 15 is 0 Å². The van der Waals surface area contributed by atoms with Gasteiger partial charge in [0.2, 0.25) is 0 Å². The zero-order chi connectivity index (χ0) is 20.5. The second-order valence-electron chi connectivity index (χ2n) is 6.47. The molecule has 1 aliphatic heterocycles. The molecule has 2 aromatic carbocycles. The summed E-state index contributed by atoms with van der Waals surface area (Å²) in [5.41, 5.74) is 1.29. The van der Waals surface area contributed by atoms with Gasteiger partial charge in [-0.3, -0.25) is 19.4 Å². The van der Waals surface area contributed by atoms with Crippen LogP contribution in [0.1, 0.15) is 11.1 Å². The van der Waals surface area contributed by atoms with Crippen LogP contribution in [-0.4, -0.2) is 68.3 Å². The molecule has 1 aliphatic rings. The van der Waals surface area contributed by atoms with E-state index in [1.54, 1.807) is 53.4 Å². The minimum Gasteiger partial charge on any atom is -0.508 e. The van der Waals surface area contributed by atoms with Gasteiger partial charge in [0, 0.05) is 37.3 Å². The first kappa shape index (κ1) is 21.2. The second-order valence-corrected chi connectivity index (χ2v) is 6.47. The molecular formula is C20H24N2O6. The number of hydrogen-bond acceptors (Lipinski definition) is 6. The molecule has 4 N–H and O–H groups in total. The van der Waals surface area contributed by atoms with Crippen LogP contribution in [0.4, 0.5) is 0 Å². The van der Waals surface area contributed by atoms with Crippen LogP contribution in [0.2, 0.25) is 0 Å². The van der Waals surface area contributed by atoms with Gasteiger partial charge in [0.25, 0.3) is 0 Å². The molecule has 0 atom stereocenters. The number of phenolic OH excluding ortho intramolecular Hbond substituents is 2. The summed E-state index contributed by atoms with van der Waals surface area (Å²) in [6.45, 7) is 2.54. The number of phenols is 2. The monoisotopic (exact) mass is 388 g/mol. The van der Waals surface area contributed by atoms with Crippen LogP contribution in [0.5, 0.6) is 11.5 Å². The molecule has 0 amide bonds. The number of para-hydroxylation sites is 2. The Bertz CT molecular complexity index is 759. The first-order chi connectivity index (χ1) is 13.3. The Morgan fingerprint density at radius 3 is 1.61 bits per heavy atom. The maximum atomic E-state index is 11.0. The zero-order valence-corrected chi connectivity index (χ0v) is 15.4. The van der Waals surface area contributed by atoms with Crippen molar-refractivity contribution in [2.75, 3.05) is 26.2 Å². The normalized spacial score (nSPS) is 12.9. The van der Waals surface area contributed by atoms with Crippen molar-refractivity contribution in [1.29, 1.82) is 0 Å². The zero-order valence-electron chi connectivity index (χ0n) is 15.4. The number of aliphatic carboxylic acids is 2.